The Morgan fingerprint density at radius 1 is 1.11 bits per heavy atom. The Morgan fingerprint density at radius 3 is 1.95 bits per heavy atom. The van der Waals surface area contributed by atoms with Gasteiger partial charge in [0.25, 0.3) is 11.4 Å². The molecule has 1 aromatic carbocycles. The van der Waals surface area contributed by atoms with Crippen LogP contribution in [0, 0.1) is 42.9 Å². The topological polar surface area (TPSA) is 146 Å². The second kappa shape index (κ2) is 5.75. The molecule has 19 heavy (non-hydrogen) atoms. The van der Waals surface area contributed by atoms with Crippen molar-refractivity contribution < 1.29 is 9.85 Å². The molecule has 0 fully saturated rings. The normalized spacial score (nSPS) is 8.74. The number of nitriles is 2. The van der Waals surface area contributed by atoms with E-state index >= 15 is 0 Å². The molecule has 0 unspecified atom stereocenters. The Balaban J connectivity index is 3.19. The van der Waals surface area contributed by atoms with Gasteiger partial charge >= 0.3 is 0 Å². The van der Waals surface area contributed by atoms with E-state index in [1.807, 2.05) is 0 Å². The lowest BCUT2D eigenvalue weighted by Crippen LogP contribution is -1.96. The van der Waals surface area contributed by atoms with Crippen LogP contribution in [0.1, 0.15) is 0 Å². The zero-order valence-electron chi connectivity index (χ0n) is 9.23. The van der Waals surface area contributed by atoms with Crippen LogP contribution in [0.5, 0.6) is 0 Å². The first-order valence-corrected chi connectivity index (χ1v) is 4.68. The van der Waals surface area contributed by atoms with Gasteiger partial charge in [-0.1, -0.05) is 0 Å². The Bertz CT molecular complexity index is 605. The lowest BCUT2D eigenvalue weighted by atomic mass is 10.2. The minimum Gasteiger partial charge on any atom is -0.359 e. The maximum absolute atomic E-state index is 10.6. The molecule has 0 spiro atoms. The van der Waals surface area contributed by atoms with Gasteiger partial charge in [0.05, 0.1) is 21.6 Å². The Labute approximate surface area is 106 Å². The van der Waals surface area contributed by atoms with E-state index in [0.717, 1.165) is 24.4 Å². The first kappa shape index (κ1) is 13.6. The fraction of sp³-hybridized carbons (Fsp3) is 0. The molecule has 9 heteroatoms. The van der Waals surface area contributed by atoms with E-state index in [-0.39, 0.29) is 11.3 Å². The SMILES string of the molecule is N#CC(C#N)=CNc1cc([N+](=O)[O-])cc([N+](=O)[O-])c1. The monoisotopic (exact) mass is 259 g/mol. The predicted molar refractivity (Wildman–Crippen MR) is 62.7 cm³/mol. The quantitative estimate of drug-likeness (QED) is 0.492. The molecule has 0 amide bonds. The number of hydrogen-bond acceptors (Lipinski definition) is 7. The summed E-state index contributed by atoms with van der Waals surface area (Å²) in [6.45, 7) is 0. The van der Waals surface area contributed by atoms with Crippen molar-refractivity contribution >= 4 is 17.1 Å². The Morgan fingerprint density at radius 2 is 1.58 bits per heavy atom. The standard InChI is InChI=1S/C10H5N5O4/c11-4-7(5-12)6-13-8-1-9(14(16)17)3-10(2-8)15(18)19/h1-3,6,13H. The average Bonchev–Trinajstić information content (AvgIpc) is 2.39. The van der Waals surface area contributed by atoms with Gasteiger partial charge in [-0.15, -0.1) is 0 Å². The molecule has 1 aromatic rings. The van der Waals surface area contributed by atoms with Gasteiger partial charge in [-0.2, -0.15) is 10.5 Å². The van der Waals surface area contributed by atoms with Gasteiger partial charge in [0, 0.05) is 18.3 Å². The zero-order valence-corrected chi connectivity index (χ0v) is 9.23. The first-order chi connectivity index (χ1) is 8.97. The van der Waals surface area contributed by atoms with E-state index in [4.69, 9.17) is 10.5 Å². The summed E-state index contributed by atoms with van der Waals surface area (Å²) in [5, 5.41) is 40.6. The molecule has 94 valence electrons. The van der Waals surface area contributed by atoms with Crippen molar-refractivity contribution in [3.8, 4) is 12.1 Å². The van der Waals surface area contributed by atoms with Crippen molar-refractivity contribution in [1.29, 1.82) is 10.5 Å². The van der Waals surface area contributed by atoms with Crippen LogP contribution >= 0.6 is 0 Å². The van der Waals surface area contributed by atoms with Gasteiger partial charge in [-0.05, 0) is 0 Å². The Kier molecular flexibility index (Phi) is 4.11. The van der Waals surface area contributed by atoms with E-state index < -0.39 is 21.2 Å². The van der Waals surface area contributed by atoms with Crippen molar-refractivity contribution in [3.63, 3.8) is 0 Å². The highest BCUT2D eigenvalue weighted by Crippen LogP contribution is 2.25. The summed E-state index contributed by atoms with van der Waals surface area (Å²) in [7, 11) is 0. The maximum Gasteiger partial charge on any atom is 0.278 e. The van der Waals surface area contributed by atoms with Gasteiger partial charge in [0.1, 0.15) is 17.7 Å². The highest BCUT2D eigenvalue weighted by atomic mass is 16.6. The van der Waals surface area contributed by atoms with Crippen LogP contribution in [0.15, 0.2) is 30.0 Å². The molecular formula is C10H5N5O4. The molecule has 0 saturated heterocycles. The summed E-state index contributed by atoms with van der Waals surface area (Å²) >= 11 is 0. The number of benzene rings is 1. The van der Waals surface area contributed by atoms with Gasteiger partial charge in [0.15, 0.2) is 0 Å². The number of nitrogens with zero attached hydrogens (tertiary/aromatic N) is 4. The predicted octanol–water partition coefficient (Wildman–Crippen LogP) is 1.85. The van der Waals surface area contributed by atoms with Gasteiger partial charge < -0.3 is 5.32 Å². The minimum atomic E-state index is -0.780. The summed E-state index contributed by atoms with van der Waals surface area (Å²) in [5.41, 5.74) is -1.18. The van der Waals surface area contributed by atoms with Crippen molar-refractivity contribution in [3.05, 3.63) is 50.2 Å². The van der Waals surface area contributed by atoms with E-state index in [1.54, 1.807) is 12.1 Å². The van der Waals surface area contributed by atoms with E-state index in [2.05, 4.69) is 5.32 Å². The van der Waals surface area contributed by atoms with E-state index in [1.165, 1.54) is 0 Å². The molecule has 0 aliphatic rings. The molecular weight excluding hydrogens is 254 g/mol. The van der Waals surface area contributed by atoms with Crippen LogP contribution in [0.4, 0.5) is 17.1 Å². The summed E-state index contributed by atoms with van der Waals surface area (Å²) in [6.07, 6.45) is 1.00. The molecule has 0 bridgehead atoms. The second-order valence-electron chi connectivity index (χ2n) is 3.18. The number of non-ortho nitro benzene ring substituents is 2. The fourth-order valence-corrected chi connectivity index (χ4v) is 1.13. The van der Waals surface area contributed by atoms with Crippen LogP contribution < -0.4 is 5.32 Å². The number of nitro benzene ring substituents is 2. The van der Waals surface area contributed by atoms with Crippen molar-refractivity contribution in [2.24, 2.45) is 0 Å². The summed E-state index contributed by atoms with van der Waals surface area (Å²) in [4.78, 5) is 19.7. The van der Waals surface area contributed by atoms with Crippen LogP contribution in [0.25, 0.3) is 0 Å². The zero-order chi connectivity index (χ0) is 14.4. The number of rotatable bonds is 4. The third-order valence-electron chi connectivity index (χ3n) is 1.95. The molecule has 0 aliphatic heterocycles. The molecule has 0 aromatic heterocycles. The van der Waals surface area contributed by atoms with Crippen molar-refractivity contribution in [2.75, 3.05) is 5.32 Å². The molecule has 9 nitrogen and oxygen atoms in total. The maximum atomic E-state index is 10.6. The number of hydrogen-bond donors (Lipinski definition) is 1. The molecule has 1 rings (SSSR count). The summed E-state index contributed by atoms with van der Waals surface area (Å²) in [6, 6.07) is 6.05. The third kappa shape index (κ3) is 3.51. The highest BCUT2D eigenvalue weighted by Gasteiger charge is 2.15. The fourth-order valence-electron chi connectivity index (χ4n) is 1.13. The van der Waals surface area contributed by atoms with Gasteiger partial charge in [-0.25, -0.2) is 0 Å². The minimum absolute atomic E-state index is 0.0314. The van der Waals surface area contributed by atoms with E-state index in [9.17, 15) is 20.2 Å². The average molecular weight is 259 g/mol. The number of nitrogens with one attached hydrogen (secondary N) is 1. The van der Waals surface area contributed by atoms with E-state index in [0.29, 0.717) is 0 Å². The number of anilines is 1. The van der Waals surface area contributed by atoms with Gasteiger partial charge in [0.2, 0.25) is 0 Å². The third-order valence-corrected chi connectivity index (χ3v) is 1.95. The van der Waals surface area contributed by atoms with Crippen LogP contribution in [0.2, 0.25) is 0 Å². The Hall–Kier alpha value is -3.46. The van der Waals surface area contributed by atoms with Crippen LogP contribution in [-0.2, 0) is 0 Å². The molecule has 0 saturated carbocycles. The molecule has 1 N–H and O–H groups in total. The first-order valence-electron chi connectivity index (χ1n) is 4.68. The number of allylic oxidation sites excluding steroid dienone is 1. The summed E-state index contributed by atoms with van der Waals surface area (Å²) in [5.74, 6) is 0. The second-order valence-corrected chi connectivity index (χ2v) is 3.18. The molecule has 0 radical (unpaired) electrons. The summed E-state index contributed by atoms with van der Waals surface area (Å²) < 4.78 is 0. The number of nitro groups is 2. The molecule has 0 heterocycles. The molecule has 0 aliphatic carbocycles. The van der Waals surface area contributed by atoms with Crippen molar-refractivity contribution in [1.82, 2.24) is 0 Å². The largest absolute Gasteiger partial charge is 0.359 e. The van der Waals surface area contributed by atoms with Crippen LogP contribution in [0.3, 0.4) is 0 Å². The van der Waals surface area contributed by atoms with Gasteiger partial charge in [-0.3, -0.25) is 20.2 Å². The lowest BCUT2D eigenvalue weighted by Gasteiger charge is -2.01. The molecule has 0 atom stereocenters. The highest BCUT2D eigenvalue weighted by molar-refractivity contribution is 5.60. The van der Waals surface area contributed by atoms with Crippen molar-refractivity contribution in [2.45, 2.75) is 0 Å². The van der Waals surface area contributed by atoms with Crippen LogP contribution in [-0.4, -0.2) is 9.85 Å². The smallest absolute Gasteiger partial charge is 0.278 e. The lowest BCUT2D eigenvalue weighted by molar-refractivity contribution is -0.394.